The Balaban J connectivity index is 1.80. The van der Waals surface area contributed by atoms with Crippen LogP contribution in [0.3, 0.4) is 0 Å². The Bertz CT molecular complexity index is 934. The number of hydrogen-bond donors (Lipinski definition) is 6. The molecule has 7 unspecified atom stereocenters. The minimum Gasteiger partial charge on any atom is -0.388 e. The first-order chi connectivity index (χ1) is 15.7. The second-order valence-corrected chi connectivity index (χ2v) is 11.4. The van der Waals surface area contributed by atoms with Crippen LogP contribution in [0.2, 0.25) is 0 Å². The lowest BCUT2D eigenvalue weighted by atomic mass is 9.93. The third-order valence-corrected chi connectivity index (χ3v) is 9.50. The Morgan fingerprint density at radius 1 is 1.21 bits per heavy atom. The van der Waals surface area contributed by atoms with E-state index in [1.54, 1.807) is 27.7 Å². The second-order valence-electron chi connectivity index (χ2n) is 9.00. The van der Waals surface area contributed by atoms with Crippen molar-refractivity contribution in [1.29, 1.82) is 0 Å². The van der Waals surface area contributed by atoms with Crippen molar-refractivity contribution < 1.29 is 42.8 Å². The third-order valence-electron chi connectivity index (χ3n) is 6.80. The maximum atomic E-state index is 14.1. The van der Waals surface area contributed by atoms with Crippen LogP contribution in [0.15, 0.2) is 23.6 Å². The number of halogens is 2. The third kappa shape index (κ3) is 4.77. The van der Waals surface area contributed by atoms with Crippen LogP contribution in [0.5, 0.6) is 0 Å². The van der Waals surface area contributed by atoms with Crippen molar-refractivity contribution in [2.75, 3.05) is 0 Å². The summed E-state index contributed by atoms with van der Waals surface area (Å²) in [7, 11) is -4.51. The SMILES string of the molecule is CCC(C)(CC1OC(N2C=C3C(F)=C(F)NC3NC2=S)C(O)C1O)OP(=O)(O)C(O)(CC)CC. The maximum absolute atomic E-state index is 14.1. The number of aliphatic hydroxyl groups is 3. The van der Waals surface area contributed by atoms with E-state index >= 15 is 0 Å². The zero-order valence-corrected chi connectivity index (χ0v) is 21.1. The van der Waals surface area contributed by atoms with Crippen molar-refractivity contribution in [3.05, 3.63) is 23.6 Å². The number of aliphatic hydroxyl groups excluding tert-OH is 2. The standard InChI is InChI=1S/C20H32F2N3O7PS/c1-5-19(4,32-33(29,30)20(28,6-2)7-3)8-11-13(26)14(27)17(31-11)25-9-10-12(21)15(22)23-16(10)24-18(25)34/h9,11,13-14,16-17,23,26-28H,5-8H2,1-4H3,(H,24,34)(H,29,30). The van der Waals surface area contributed by atoms with E-state index < -0.39 is 61.0 Å². The fourth-order valence-electron chi connectivity index (χ4n) is 4.19. The van der Waals surface area contributed by atoms with Crippen LogP contribution in [0.25, 0.3) is 0 Å². The molecule has 0 saturated carbocycles. The predicted octanol–water partition coefficient (Wildman–Crippen LogP) is 1.81. The number of rotatable bonds is 9. The van der Waals surface area contributed by atoms with Gasteiger partial charge in [-0.05, 0) is 38.4 Å². The monoisotopic (exact) mass is 527 g/mol. The average molecular weight is 528 g/mol. The van der Waals surface area contributed by atoms with Gasteiger partial charge in [0.2, 0.25) is 5.95 Å². The number of thiocarbonyl (C=S) groups is 1. The van der Waals surface area contributed by atoms with Gasteiger partial charge in [-0.25, -0.2) is 4.39 Å². The van der Waals surface area contributed by atoms with Crippen LogP contribution in [0, 0.1) is 0 Å². The molecule has 3 rings (SSSR count). The molecule has 1 saturated heterocycles. The molecule has 0 aromatic rings. The molecule has 34 heavy (non-hydrogen) atoms. The lowest BCUT2D eigenvalue weighted by Crippen LogP contribution is -2.56. The van der Waals surface area contributed by atoms with Gasteiger partial charge in [-0.15, -0.1) is 0 Å². The van der Waals surface area contributed by atoms with Gasteiger partial charge in [0.15, 0.2) is 22.5 Å². The van der Waals surface area contributed by atoms with Crippen molar-refractivity contribution >= 4 is 24.9 Å². The summed E-state index contributed by atoms with van der Waals surface area (Å²) in [4.78, 5) is 11.7. The van der Waals surface area contributed by atoms with Crippen molar-refractivity contribution in [3.8, 4) is 0 Å². The Kier molecular flexibility index (Phi) is 7.82. The first-order valence-electron chi connectivity index (χ1n) is 11.1. The highest BCUT2D eigenvalue weighted by molar-refractivity contribution is 7.80. The summed E-state index contributed by atoms with van der Waals surface area (Å²) < 4.78 is 52.0. The molecule has 0 radical (unpaired) electrons. The molecule has 1 fully saturated rings. The van der Waals surface area contributed by atoms with E-state index in [9.17, 15) is 33.6 Å². The Hall–Kier alpha value is -1.18. The van der Waals surface area contributed by atoms with Crippen molar-refractivity contribution in [2.45, 2.75) is 95.0 Å². The van der Waals surface area contributed by atoms with Gasteiger partial charge in [0.25, 0.3) is 0 Å². The van der Waals surface area contributed by atoms with Gasteiger partial charge >= 0.3 is 7.60 Å². The maximum Gasteiger partial charge on any atom is 0.359 e. The molecule has 194 valence electrons. The summed E-state index contributed by atoms with van der Waals surface area (Å²) >= 11 is 5.24. The molecule has 3 aliphatic heterocycles. The van der Waals surface area contributed by atoms with Crippen molar-refractivity contribution in [2.24, 2.45) is 0 Å². The number of nitrogens with one attached hydrogen (secondary N) is 2. The molecule has 0 aromatic heterocycles. The van der Waals surface area contributed by atoms with E-state index in [2.05, 4.69) is 10.6 Å². The van der Waals surface area contributed by atoms with Gasteiger partial charge in [0, 0.05) is 12.6 Å². The van der Waals surface area contributed by atoms with E-state index in [1.165, 1.54) is 11.1 Å². The van der Waals surface area contributed by atoms with E-state index in [0.29, 0.717) is 0 Å². The lowest BCUT2D eigenvalue weighted by molar-refractivity contribution is -0.0747. The first-order valence-corrected chi connectivity index (χ1v) is 13.1. The summed E-state index contributed by atoms with van der Waals surface area (Å²) in [6.07, 6.45) is -4.83. The normalized spacial score (nSPS) is 33.1. The van der Waals surface area contributed by atoms with Gasteiger partial charge in [0.05, 0.1) is 17.3 Å². The molecule has 10 nitrogen and oxygen atoms in total. The molecule has 7 atom stereocenters. The molecule has 6 N–H and O–H groups in total. The van der Waals surface area contributed by atoms with E-state index in [-0.39, 0.29) is 36.4 Å². The summed E-state index contributed by atoms with van der Waals surface area (Å²) in [5.41, 5.74) is -1.39. The van der Waals surface area contributed by atoms with Gasteiger partial charge in [-0.3, -0.25) is 9.46 Å². The predicted molar refractivity (Wildman–Crippen MR) is 122 cm³/mol. The molecule has 0 amide bonds. The molecule has 0 bridgehead atoms. The summed E-state index contributed by atoms with van der Waals surface area (Å²) in [6.45, 7) is 6.39. The Labute approximate surface area is 202 Å². The molecule has 14 heteroatoms. The van der Waals surface area contributed by atoms with E-state index in [0.717, 1.165) is 0 Å². The topological polar surface area (TPSA) is 144 Å². The highest BCUT2D eigenvalue weighted by Crippen LogP contribution is 2.60. The smallest absolute Gasteiger partial charge is 0.359 e. The van der Waals surface area contributed by atoms with Crippen LogP contribution in [-0.4, -0.2) is 71.9 Å². The minimum atomic E-state index is -4.51. The summed E-state index contributed by atoms with van der Waals surface area (Å²) in [6, 6.07) is 0. The Morgan fingerprint density at radius 2 is 1.82 bits per heavy atom. The Morgan fingerprint density at radius 3 is 2.38 bits per heavy atom. The molecule has 3 heterocycles. The molecule has 0 spiro atoms. The van der Waals surface area contributed by atoms with Crippen molar-refractivity contribution in [3.63, 3.8) is 0 Å². The van der Waals surface area contributed by atoms with Crippen LogP contribution in [0.1, 0.15) is 53.4 Å². The fourth-order valence-corrected chi connectivity index (χ4v) is 6.24. The lowest BCUT2D eigenvalue weighted by Gasteiger charge is -2.38. The fraction of sp³-hybridized carbons (Fsp3) is 0.750. The highest BCUT2D eigenvalue weighted by Gasteiger charge is 2.53. The van der Waals surface area contributed by atoms with E-state index in [4.69, 9.17) is 21.5 Å². The first kappa shape index (κ1) is 27.4. The molecular weight excluding hydrogens is 495 g/mol. The van der Waals surface area contributed by atoms with Crippen LogP contribution >= 0.6 is 19.8 Å². The highest BCUT2D eigenvalue weighted by atomic mass is 32.1. The number of nitrogens with zero attached hydrogens (tertiary/aromatic N) is 1. The van der Waals surface area contributed by atoms with Gasteiger partial charge in [-0.1, -0.05) is 20.8 Å². The molecule has 0 aromatic carbocycles. The van der Waals surface area contributed by atoms with Crippen LogP contribution in [0.4, 0.5) is 8.78 Å². The minimum absolute atomic E-state index is 0.00403. The number of fused-ring (bicyclic) bond motifs is 1. The van der Waals surface area contributed by atoms with Gasteiger partial charge in [0.1, 0.15) is 18.4 Å². The van der Waals surface area contributed by atoms with Gasteiger partial charge in [-0.2, -0.15) is 4.39 Å². The van der Waals surface area contributed by atoms with Crippen molar-refractivity contribution in [1.82, 2.24) is 15.5 Å². The molecule has 3 aliphatic rings. The average Bonchev–Trinajstić information content (AvgIpc) is 3.21. The molecule has 0 aliphatic carbocycles. The van der Waals surface area contributed by atoms with E-state index in [1.807, 2.05) is 0 Å². The summed E-state index contributed by atoms with van der Waals surface area (Å²) in [5, 5.41) is 34.9. The van der Waals surface area contributed by atoms with Crippen LogP contribution in [-0.2, 0) is 13.8 Å². The zero-order chi connectivity index (χ0) is 25.6. The van der Waals surface area contributed by atoms with Crippen LogP contribution < -0.4 is 10.6 Å². The number of ether oxygens (including phenoxy) is 1. The summed E-state index contributed by atoms with van der Waals surface area (Å²) in [5.74, 6) is -2.26. The molecular formula is C20H32F2N3O7PS. The zero-order valence-electron chi connectivity index (χ0n) is 19.4. The number of hydrogen-bond acceptors (Lipinski definition) is 8. The largest absolute Gasteiger partial charge is 0.388 e. The second kappa shape index (κ2) is 9.70. The quantitative estimate of drug-likeness (QED) is 0.148. The van der Waals surface area contributed by atoms with Gasteiger partial charge < -0.3 is 40.1 Å².